The summed E-state index contributed by atoms with van der Waals surface area (Å²) < 4.78 is 0. The van der Waals surface area contributed by atoms with Gasteiger partial charge in [-0.1, -0.05) is 0 Å². The van der Waals surface area contributed by atoms with Crippen LogP contribution in [0.3, 0.4) is 0 Å². The summed E-state index contributed by atoms with van der Waals surface area (Å²) in [5.74, 6) is 0.141. The van der Waals surface area contributed by atoms with Crippen molar-refractivity contribution in [3.63, 3.8) is 0 Å². The predicted molar refractivity (Wildman–Crippen MR) is 50.8 cm³/mol. The third-order valence-corrected chi connectivity index (χ3v) is 2.46. The second kappa shape index (κ2) is 4.11. The van der Waals surface area contributed by atoms with Crippen LogP contribution >= 0.6 is 12.6 Å². The molecule has 0 aliphatic carbocycles. The van der Waals surface area contributed by atoms with Crippen LogP contribution in [0.25, 0.3) is 0 Å². The molecule has 1 saturated heterocycles. The van der Waals surface area contributed by atoms with E-state index in [0.717, 1.165) is 26.2 Å². The highest BCUT2D eigenvalue weighted by atomic mass is 32.1. The zero-order valence-electron chi connectivity index (χ0n) is 7.23. The zero-order chi connectivity index (χ0) is 9.14. The van der Waals surface area contributed by atoms with Gasteiger partial charge in [0.1, 0.15) is 5.50 Å². The van der Waals surface area contributed by atoms with Gasteiger partial charge in [0.15, 0.2) is 0 Å². The standard InChI is InChI=1S/C7H15N3OS/c1-6(11)9-2-4-10(5-3-9)7(8)12/h7,12H,2-5,8H2,1H3. The third kappa shape index (κ3) is 2.36. The van der Waals surface area contributed by atoms with Crippen LogP contribution in [0.1, 0.15) is 6.92 Å². The molecule has 1 aliphatic heterocycles. The van der Waals surface area contributed by atoms with Crippen molar-refractivity contribution in [3.05, 3.63) is 0 Å². The molecule has 5 heteroatoms. The lowest BCUT2D eigenvalue weighted by Gasteiger charge is -2.35. The number of rotatable bonds is 1. The fourth-order valence-electron chi connectivity index (χ4n) is 1.30. The number of piperazine rings is 1. The molecular formula is C7H15N3OS. The van der Waals surface area contributed by atoms with E-state index in [2.05, 4.69) is 12.6 Å². The fourth-order valence-corrected chi connectivity index (χ4v) is 1.53. The van der Waals surface area contributed by atoms with E-state index in [9.17, 15) is 4.79 Å². The molecular weight excluding hydrogens is 174 g/mol. The molecule has 0 radical (unpaired) electrons. The minimum absolute atomic E-state index is 0.141. The molecule has 4 nitrogen and oxygen atoms in total. The molecule has 0 saturated carbocycles. The Morgan fingerprint density at radius 1 is 1.42 bits per heavy atom. The van der Waals surface area contributed by atoms with Crippen molar-refractivity contribution < 1.29 is 4.79 Å². The molecule has 0 aromatic heterocycles. The van der Waals surface area contributed by atoms with E-state index in [1.54, 1.807) is 6.92 Å². The number of hydrogen-bond donors (Lipinski definition) is 2. The second-order valence-electron chi connectivity index (χ2n) is 2.96. The number of thiol groups is 1. The van der Waals surface area contributed by atoms with Crippen LogP contribution in [0.5, 0.6) is 0 Å². The van der Waals surface area contributed by atoms with Gasteiger partial charge in [-0.25, -0.2) is 0 Å². The van der Waals surface area contributed by atoms with Crippen molar-refractivity contribution in [1.82, 2.24) is 9.80 Å². The summed E-state index contributed by atoms with van der Waals surface area (Å²) in [6.45, 7) is 4.78. The Labute approximate surface area is 78.1 Å². The molecule has 0 spiro atoms. The summed E-state index contributed by atoms with van der Waals surface area (Å²) in [6, 6.07) is 0. The first-order chi connectivity index (χ1) is 5.61. The summed E-state index contributed by atoms with van der Waals surface area (Å²) in [6.07, 6.45) is 0. The maximum Gasteiger partial charge on any atom is 0.219 e. The van der Waals surface area contributed by atoms with Gasteiger partial charge in [-0.3, -0.25) is 9.69 Å². The van der Waals surface area contributed by atoms with Crippen LogP contribution in [0, 0.1) is 0 Å². The van der Waals surface area contributed by atoms with E-state index in [1.165, 1.54) is 0 Å². The highest BCUT2D eigenvalue weighted by Gasteiger charge is 2.20. The second-order valence-corrected chi connectivity index (χ2v) is 3.48. The van der Waals surface area contributed by atoms with E-state index in [-0.39, 0.29) is 11.4 Å². The monoisotopic (exact) mass is 189 g/mol. The van der Waals surface area contributed by atoms with Crippen molar-refractivity contribution in [2.75, 3.05) is 26.2 Å². The predicted octanol–water partition coefficient (Wildman–Crippen LogP) is -0.677. The molecule has 1 amide bonds. The molecule has 1 rings (SSSR count). The first-order valence-electron chi connectivity index (χ1n) is 4.04. The van der Waals surface area contributed by atoms with Crippen LogP contribution in [0.2, 0.25) is 0 Å². The SMILES string of the molecule is CC(=O)N1CCN(C(N)S)CC1. The van der Waals surface area contributed by atoms with Crippen molar-refractivity contribution in [3.8, 4) is 0 Å². The Morgan fingerprint density at radius 3 is 2.25 bits per heavy atom. The number of carbonyl (C=O) groups excluding carboxylic acids is 1. The lowest BCUT2D eigenvalue weighted by Crippen LogP contribution is -2.52. The molecule has 12 heavy (non-hydrogen) atoms. The molecule has 2 N–H and O–H groups in total. The largest absolute Gasteiger partial charge is 0.340 e. The van der Waals surface area contributed by atoms with Gasteiger partial charge in [0, 0.05) is 33.1 Å². The summed E-state index contributed by atoms with van der Waals surface area (Å²) in [5, 5.41) is 0. The van der Waals surface area contributed by atoms with E-state index in [4.69, 9.17) is 5.73 Å². The molecule has 1 heterocycles. The maximum absolute atomic E-state index is 10.9. The van der Waals surface area contributed by atoms with E-state index < -0.39 is 0 Å². The molecule has 1 unspecified atom stereocenters. The number of amides is 1. The lowest BCUT2D eigenvalue weighted by atomic mass is 10.3. The van der Waals surface area contributed by atoms with E-state index in [1.807, 2.05) is 9.80 Å². The van der Waals surface area contributed by atoms with Gasteiger partial charge in [-0.2, -0.15) is 0 Å². The smallest absolute Gasteiger partial charge is 0.219 e. The van der Waals surface area contributed by atoms with Gasteiger partial charge in [-0.15, -0.1) is 12.6 Å². The molecule has 0 aromatic carbocycles. The van der Waals surface area contributed by atoms with Crippen molar-refractivity contribution in [2.45, 2.75) is 12.4 Å². The highest BCUT2D eigenvalue weighted by Crippen LogP contribution is 2.05. The lowest BCUT2D eigenvalue weighted by molar-refractivity contribution is -0.130. The topological polar surface area (TPSA) is 49.6 Å². The van der Waals surface area contributed by atoms with Crippen LogP contribution in [0.15, 0.2) is 0 Å². The van der Waals surface area contributed by atoms with E-state index >= 15 is 0 Å². The normalized spacial score (nSPS) is 22.4. The maximum atomic E-state index is 10.9. The van der Waals surface area contributed by atoms with Crippen molar-refractivity contribution >= 4 is 18.5 Å². The summed E-state index contributed by atoms with van der Waals surface area (Å²) in [7, 11) is 0. The molecule has 70 valence electrons. The average molecular weight is 189 g/mol. The van der Waals surface area contributed by atoms with E-state index in [0.29, 0.717) is 0 Å². The Hall–Kier alpha value is -0.260. The Morgan fingerprint density at radius 2 is 1.92 bits per heavy atom. The molecule has 1 fully saturated rings. The first kappa shape index (κ1) is 9.83. The van der Waals surface area contributed by atoms with Gasteiger partial charge < -0.3 is 10.6 Å². The summed E-state index contributed by atoms with van der Waals surface area (Å²) in [4.78, 5) is 14.8. The van der Waals surface area contributed by atoms with Crippen LogP contribution in [0.4, 0.5) is 0 Å². The zero-order valence-corrected chi connectivity index (χ0v) is 8.13. The summed E-state index contributed by atoms with van der Waals surface area (Å²) in [5.41, 5.74) is 5.38. The van der Waals surface area contributed by atoms with Crippen LogP contribution < -0.4 is 5.73 Å². The summed E-state index contributed by atoms with van der Waals surface area (Å²) >= 11 is 4.12. The number of nitrogens with two attached hydrogens (primary N) is 1. The number of nitrogens with zero attached hydrogens (tertiary/aromatic N) is 2. The molecule has 1 atom stereocenters. The molecule has 1 aliphatic rings. The van der Waals surface area contributed by atoms with Gasteiger partial charge in [0.2, 0.25) is 5.91 Å². The third-order valence-electron chi connectivity index (χ3n) is 2.13. The van der Waals surface area contributed by atoms with Crippen molar-refractivity contribution in [2.24, 2.45) is 5.73 Å². The van der Waals surface area contributed by atoms with Gasteiger partial charge >= 0.3 is 0 Å². The number of carbonyl (C=O) groups is 1. The Kier molecular flexibility index (Phi) is 3.37. The van der Waals surface area contributed by atoms with Gasteiger partial charge in [0.25, 0.3) is 0 Å². The Bertz CT molecular complexity index is 166. The first-order valence-corrected chi connectivity index (χ1v) is 4.56. The molecule has 0 bridgehead atoms. The average Bonchev–Trinajstić information content (AvgIpc) is 2.04. The molecule has 0 aromatic rings. The van der Waals surface area contributed by atoms with Crippen LogP contribution in [-0.4, -0.2) is 47.4 Å². The van der Waals surface area contributed by atoms with Gasteiger partial charge in [0.05, 0.1) is 0 Å². The highest BCUT2D eigenvalue weighted by molar-refractivity contribution is 7.80. The Balaban J connectivity index is 2.34. The minimum Gasteiger partial charge on any atom is -0.340 e. The van der Waals surface area contributed by atoms with Crippen LogP contribution in [-0.2, 0) is 4.79 Å². The minimum atomic E-state index is -0.195. The quantitative estimate of drug-likeness (QED) is 0.424. The van der Waals surface area contributed by atoms with Gasteiger partial charge in [-0.05, 0) is 0 Å². The fraction of sp³-hybridized carbons (Fsp3) is 0.857. The van der Waals surface area contributed by atoms with Crippen molar-refractivity contribution in [1.29, 1.82) is 0 Å². The number of hydrogen-bond acceptors (Lipinski definition) is 4.